The van der Waals surface area contributed by atoms with Crippen LogP contribution in [-0.2, 0) is 14.3 Å². The highest BCUT2D eigenvalue weighted by Crippen LogP contribution is 2.36. The van der Waals surface area contributed by atoms with Gasteiger partial charge in [-0.1, -0.05) is 30.3 Å². The Bertz CT molecular complexity index is 705. The first-order valence-corrected chi connectivity index (χ1v) is 8.26. The van der Waals surface area contributed by atoms with Gasteiger partial charge in [0.15, 0.2) is 0 Å². The fraction of sp³-hybridized carbons (Fsp3) is 0.294. The Kier molecular flexibility index (Phi) is 4.73. The maximum atomic E-state index is 12.2. The van der Waals surface area contributed by atoms with Crippen LogP contribution in [0.5, 0.6) is 0 Å². The standard InChI is InChI=1S/C17H17NO4S/c1-21-17(20)14-12(11-6-3-2-4-7-11)10-23-16(14)18-15(19)13-8-5-9-22-13/h2-4,6-7,10,13H,5,8-9H2,1H3,(H,18,19)/t13-/m1/s1. The molecule has 6 heteroatoms. The van der Waals surface area contributed by atoms with E-state index >= 15 is 0 Å². The largest absolute Gasteiger partial charge is 0.465 e. The molecule has 5 nitrogen and oxygen atoms in total. The Morgan fingerprint density at radius 1 is 1.30 bits per heavy atom. The monoisotopic (exact) mass is 331 g/mol. The number of carbonyl (C=O) groups is 2. The zero-order valence-corrected chi connectivity index (χ0v) is 13.5. The van der Waals surface area contributed by atoms with Gasteiger partial charge >= 0.3 is 5.97 Å². The van der Waals surface area contributed by atoms with Crippen molar-refractivity contribution in [3.05, 3.63) is 41.3 Å². The van der Waals surface area contributed by atoms with Gasteiger partial charge in [0.1, 0.15) is 16.7 Å². The normalized spacial score (nSPS) is 17.0. The lowest BCUT2D eigenvalue weighted by atomic mass is 10.0. The molecule has 0 bridgehead atoms. The molecule has 1 aliphatic rings. The number of nitrogens with one attached hydrogen (secondary N) is 1. The summed E-state index contributed by atoms with van der Waals surface area (Å²) in [5.41, 5.74) is 2.04. The van der Waals surface area contributed by atoms with Crippen LogP contribution >= 0.6 is 11.3 Å². The first kappa shape index (κ1) is 15.7. The topological polar surface area (TPSA) is 64.6 Å². The summed E-state index contributed by atoms with van der Waals surface area (Å²) in [4.78, 5) is 24.4. The average Bonchev–Trinajstić information content (AvgIpc) is 3.25. The molecule has 0 spiro atoms. The van der Waals surface area contributed by atoms with Gasteiger partial charge in [0.25, 0.3) is 5.91 Å². The summed E-state index contributed by atoms with van der Waals surface area (Å²) in [6.07, 6.45) is 1.14. The maximum absolute atomic E-state index is 12.2. The Morgan fingerprint density at radius 3 is 2.74 bits per heavy atom. The van der Waals surface area contributed by atoms with Crippen molar-refractivity contribution in [2.75, 3.05) is 19.0 Å². The fourth-order valence-corrected chi connectivity index (χ4v) is 3.52. The third kappa shape index (κ3) is 3.28. The number of hydrogen-bond acceptors (Lipinski definition) is 5. The van der Waals surface area contributed by atoms with Gasteiger partial charge in [0.2, 0.25) is 0 Å². The molecule has 120 valence electrons. The molecule has 1 saturated heterocycles. The van der Waals surface area contributed by atoms with Crippen LogP contribution in [0.2, 0.25) is 0 Å². The third-order valence-electron chi connectivity index (χ3n) is 3.72. The second-order valence-corrected chi connectivity index (χ2v) is 6.08. The lowest BCUT2D eigenvalue weighted by Gasteiger charge is -2.11. The predicted molar refractivity (Wildman–Crippen MR) is 88.7 cm³/mol. The van der Waals surface area contributed by atoms with Crippen LogP contribution in [0.15, 0.2) is 35.7 Å². The van der Waals surface area contributed by atoms with Crippen molar-refractivity contribution >= 4 is 28.2 Å². The first-order chi connectivity index (χ1) is 11.2. The summed E-state index contributed by atoms with van der Waals surface area (Å²) in [5, 5.41) is 5.16. The van der Waals surface area contributed by atoms with E-state index in [2.05, 4.69) is 5.32 Å². The minimum atomic E-state index is -0.465. The Balaban J connectivity index is 1.92. The molecule has 1 aromatic heterocycles. The molecular weight excluding hydrogens is 314 g/mol. The third-order valence-corrected chi connectivity index (χ3v) is 4.62. The first-order valence-electron chi connectivity index (χ1n) is 7.38. The molecule has 23 heavy (non-hydrogen) atoms. The van der Waals surface area contributed by atoms with Crippen LogP contribution in [-0.4, -0.2) is 31.7 Å². The van der Waals surface area contributed by atoms with Crippen molar-refractivity contribution in [1.82, 2.24) is 0 Å². The van der Waals surface area contributed by atoms with Crippen molar-refractivity contribution in [2.24, 2.45) is 0 Å². The van der Waals surface area contributed by atoms with Gasteiger partial charge in [0.05, 0.1) is 7.11 Å². The number of rotatable bonds is 4. The molecule has 0 radical (unpaired) electrons. The van der Waals surface area contributed by atoms with Gasteiger partial charge in [-0.3, -0.25) is 4.79 Å². The zero-order valence-electron chi connectivity index (χ0n) is 12.7. The summed E-state index contributed by atoms with van der Waals surface area (Å²) in [6, 6.07) is 9.55. The molecule has 0 aliphatic carbocycles. The van der Waals surface area contributed by atoms with E-state index in [1.54, 1.807) is 0 Å². The van der Waals surface area contributed by atoms with Crippen LogP contribution in [0.1, 0.15) is 23.2 Å². The molecule has 2 heterocycles. The molecule has 0 saturated carbocycles. The van der Waals surface area contributed by atoms with E-state index in [1.807, 2.05) is 35.7 Å². The highest BCUT2D eigenvalue weighted by atomic mass is 32.1. The SMILES string of the molecule is COC(=O)c1c(-c2ccccc2)csc1NC(=O)[C@H]1CCCO1. The number of esters is 1. The molecule has 1 atom stereocenters. The fourth-order valence-electron chi connectivity index (χ4n) is 2.56. The summed E-state index contributed by atoms with van der Waals surface area (Å²) in [7, 11) is 1.33. The van der Waals surface area contributed by atoms with Crippen LogP contribution in [0.3, 0.4) is 0 Å². The predicted octanol–water partition coefficient (Wildman–Crippen LogP) is 3.32. The number of amides is 1. The van der Waals surface area contributed by atoms with Crippen molar-refractivity contribution < 1.29 is 19.1 Å². The van der Waals surface area contributed by atoms with Crippen molar-refractivity contribution in [2.45, 2.75) is 18.9 Å². The minimum absolute atomic E-state index is 0.214. The van der Waals surface area contributed by atoms with Crippen LogP contribution < -0.4 is 5.32 Å². The Hall–Kier alpha value is -2.18. The van der Waals surface area contributed by atoms with Gasteiger partial charge < -0.3 is 14.8 Å². The maximum Gasteiger partial charge on any atom is 0.341 e. The lowest BCUT2D eigenvalue weighted by molar-refractivity contribution is -0.124. The van der Waals surface area contributed by atoms with E-state index in [0.717, 1.165) is 17.5 Å². The van der Waals surface area contributed by atoms with Gasteiger partial charge in [-0.15, -0.1) is 11.3 Å². The minimum Gasteiger partial charge on any atom is -0.465 e. The van der Waals surface area contributed by atoms with Crippen molar-refractivity contribution in [3.63, 3.8) is 0 Å². The van der Waals surface area contributed by atoms with Crippen molar-refractivity contribution in [3.8, 4) is 11.1 Å². The molecule has 1 amide bonds. The second-order valence-electron chi connectivity index (χ2n) is 5.20. The average molecular weight is 331 g/mol. The summed E-state index contributed by atoms with van der Waals surface area (Å²) in [6.45, 7) is 0.599. The number of methoxy groups -OCH3 is 1. The Morgan fingerprint density at radius 2 is 2.09 bits per heavy atom. The smallest absolute Gasteiger partial charge is 0.341 e. The number of ether oxygens (including phenoxy) is 2. The molecule has 1 aliphatic heterocycles. The van der Waals surface area contributed by atoms with E-state index in [-0.39, 0.29) is 5.91 Å². The highest BCUT2D eigenvalue weighted by molar-refractivity contribution is 7.15. The molecule has 3 rings (SSSR count). The molecule has 1 aromatic carbocycles. The summed E-state index contributed by atoms with van der Waals surface area (Å²) < 4.78 is 10.3. The molecule has 0 unspecified atom stereocenters. The van der Waals surface area contributed by atoms with Crippen molar-refractivity contribution in [1.29, 1.82) is 0 Å². The van der Waals surface area contributed by atoms with Gasteiger partial charge in [-0.25, -0.2) is 4.79 Å². The Labute approximate surface area is 138 Å². The molecule has 1 fully saturated rings. The van der Waals surface area contributed by atoms with E-state index in [1.165, 1.54) is 18.4 Å². The van der Waals surface area contributed by atoms with Gasteiger partial charge in [-0.05, 0) is 18.4 Å². The quantitative estimate of drug-likeness (QED) is 0.873. The second kappa shape index (κ2) is 6.93. The highest BCUT2D eigenvalue weighted by Gasteiger charge is 2.27. The van der Waals surface area contributed by atoms with E-state index in [0.29, 0.717) is 23.6 Å². The summed E-state index contributed by atoms with van der Waals surface area (Å²) >= 11 is 1.31. The number of hydrogen-bond donors (Lipinski definition) is 1. The van der Waals surface area contributed by atoms with E-state index in [9.17, 15) is 9.59 Å². The lowest BCUT2D eigenvalue weighted by Crippen LogP contribution is -2.27. The zero-order chi connectivity index (χ0) is 16.2. The molecular formula is C17H17NO4S. The summed E-state index contributed by atoms with van der Waals surface area (Å²) in [5.74, 6) is -0.679. The number of thiophene rings is 1. The van der Waals surface area contributed by atoms with Crippen LogP contribution in [0, 0.1) is 0 Å². The van der Waals surface area contributed by atoms with Crippen LogP contribution in [0.25, 0.3) is 11.1 Å². The molecule has 2 aromatic rings. The van der Waals surface area contributed by atoms with Gasteiger partial charge in [0, 0.05) is 17.6 Å². The number of anilines is 1. The van der Waals surface area contributed by atoms with Crippen LogP contribution in [0.4, 0.5) is 5.00 Å². The van der Waals surface area contributed by atoms with E-state index in [4.69, 9.17) is 9.47 Å². The van der Waals surface area contributed by atoms with E-state index < -0.39 is 12.1 Å². The molecule has 1 N–H and O–H groups in total. The number of benzene rings is 1. The van der Waals surface area contributed by atoms with Gasteiger partial charge in [-0.2, -0.15) is 0 Å². The number of carbonyl (C=O) groups excluding carboxylic acids is 2.